The molecule has 0 aliphatic carbocycles. The van der Waals surface area contributed by atoms with Crippen molar-refractivity contribution in [1.29, 1.82) is 0 Å². The molecule has 0 amide bonds. The van der Waals surface area contributed by atoms with Crippen molar-refractivity contribution in [3.8, 4) is 0 Å². The number of alkyl halides is 2. The van der Waals surface area contributed by atoms with Crippen molar-refractivity contribution < 1.29 is 27.1 Å². The first kappa shape index (κ1) is 16.2. The Morgan fingerprint density at radius 2 is 2.10 bits per heavy atom. The SMILES string of the molecule is Cc1nc(C)c(S(=O)(=O)N2CCC(C(=O)O)C(F)(F)C2)s1. The fraction of sp³-hybridized carbons (Fsp3) is 0.636. The Bertz CT molecular complexity index is 672. The zero-order valence-corrected chi connectivity index (χ0v) is 13.0. The third kappa shape index (κ3) is 2.92. The molecule has 1 unspecified atom stereocenters. The summed E-state index contributed by atoms with van der Waals surface area (Å²) in [5, 5.41) is 9.30. The minimum atomic E-state index is -4.08. The van der Waals surface area contributed by atoms with Crippen molar-refractivity contribution in [1.82, 2.24) is 9.29 Å². The lowest BCUT2D eigenvalue weighted by molar-refractivity contribution is -0.163. The van der Waals surface area contributed by atoms with Crippen LogP contribution in [0.5, 0.6) is 0 Å². The monoisotopic (exact) mass is 340 g/mol. The molecule has 2 rings (SSSR count). The highest BCUT2D eigenvalue weighted by molar-refractivity contribution is 7.91. The maximum absolute atomic E-state index is 13.8. The van der Waals surface area contributed by atoms with E-state index >= 15 is 0 Å². The Morgan fingerprint density at radius 3 is 2.52 bits per heavy atom. The number of aryl methyl sites for hydroxylation is 2. The summed E-state index contributed by atoms with van der Waals surface area (Å²) in [7, 11) is -4.08. The van der Waals surface area contributed by atoms with Gasteiger partial charge < -0.3 is 5.11 Å². The van der Waals surface area contributed by atoms with Crippen LogP contribution in [-0.2, 0) is 14.8 Å². The summed E-state index contributed by atoms with van der Waals surface area (Å²) in [4.78, 5) is 14.8. The maximum Gasteiger partial charge on any atom is 0.312 e. The number of piperidine rings is 1. The zero-order valence-electron chi connectivity index (χ0n) is 11.3. The molecule has 1 N–H and O–H groups in total. The Kier molecular flexibility index (Phi) is 4.06. The summed E-state index contributed by atoms with van der Waals surface area (Å²) in [5.74, 6) is -7.06. The van der Waals surface area contributed by atoms with Crippen molar-refractivity contribution in [2.45, 2.75) is 30.4 Å². The number of thiazole rings is 1. The third-order valence-corrected chi connectivity index (χ3v) is 6.80. The first-order chi connectivity index (χ1) is 9.55. The number of nitrogens with zero attached hydrogens (tertiary/aromatic N) is 2. The molecule has 0 radical (unpaired) electrons. The minimum absolute atomic E-state index is 0.0652. The second-order valence-electron chi connectivity index (χ2n) is 4.88. The molecule has 1 aliphatic heterocycles. The predicted octanol–water partition coefficient (Wildman–Crippen LogP) is 1.49. The van der Waals surface area contributed by atoms with Crippen LogP contribution in [0.2, 0.25) is 0 Å². The molecule has 0 saturated carbocycles. The molecule has 0 spiro atoms. The number of hydrogen-bond donors (Lipinski definition) is 1. The number of carboxylic acid groups (broad SMARTS) is 1. The molecule has 0 aromatic carbocycles. The molecule has 6 nitrogen and oxygen atoms in total. The molecule has 1 aliphatic rings. The molecule has 1 atom stereocenters. The summed E-state index contributed by atoms with van der Waals surface area (Å²) in [6.07, 6.45) is -0.418. The van der Waals surface area contributed by atoms with Crippen LogP contribution < -0.4 is 0 Å². The van der Waals surface area contributed by atoms with E-state index in [4.69, 9.17) is 5.11 Å². The van der Waals surface area contributed by atoms with Gasteiger partial charge in [-0.3, -0.25) is 4.79 Å². The number of rotatable bonds is 3. The normalized spacial score (nSPS) is 23.1. The Hall–Kier alpha value is -1.13. The summed E-state index contributed by atoms with van der Waals surface area (Å²) >= 11 is 0.920. The number of halogens is 2. The number of carbonyl (C=O) groups is 1. The van der Waals surface area contributed by atoms with Gasteiger partial charge in [-0.05, 0) is 20.3 Å². The second-order valence-corrected chi connectivity index (χ2v) is 8.22. The van der Waals surface area contributed by atoms with E-state index in [1.54, 1.807) is 6.92 Å². The van der Waals surface area contributed by atoms with Gasteiger partial charge in [-0.2, -0.15) is 4.31 Å². The Morgan fingerprint density at radius 1 is 1.48 bits per heavy atom. The van der Waals surface area contributed by atoms with Gasteiger partial charge in [0.2, 0.25) is 0 Å². The molecule has 118 valence electrons. The highest BCUT2D eigenvalue weighted by Crippen LogP contribution is 2.36. The van der Waals surface area contributed by atoms with Crippen molar-refractivity contribution in [3.05, 3.63) is 10.7 Å². The van der Waals surface area contributed by atoms with E-state index in [2.05, 4.69) is 4.98 Å². The van der Waals surface area contributed by atoms with Gasteiger partial charge in [0, 0.05) is 6.54 Å². The van der Waals surface area contributed by atoms with Gasteiger partial charge >= 0.3 is 5.97 Å². The molecule has 0 bridgehead atoms. The van der Waals surface area contributed by atoms with Gasteiger partial charge in [-0.25, -0.2) is 22.2 Å². The molecule has 1 aromatic heterocycles. The largest absolute Gasteiger partial charge is 0.481 e. The lowest BCUT2D eigenvalue weighted by Crippen LogP contribution is -2.52. The number of carboxylic acids is 1. The average molecular weight is 340 g/mol. The molecule has 1 saturated heterocycles. The van der Waals surface area contributed by atoms with E-state index in [0.29, 0.717) is 9.31 Å². The molecular formula is C11H14F2N2O4S2. The first-order valence-electron chi connectivity index (χ1n) is 6.10. The smallest absolute Gasteiger partial charge is 0.312 e. The van der Waals surface area contributed by atoms with Crippen LogP contribution >= 0.6 is 11.3 Å². The van der Waals surface area contributed by atoms with Crippen LogP contribution in [0.25, 0.3) is 0 Å². The van der Waals surface area contributed by atoms with E-state index < -0.39 is 40.8 Å². The van der Waals surface area contributed by atoms with Crippen molar-refractivity contribution in [3.63, 3.8) is 0 Å². The van der Waals surface area contributed by atoms with Gasteiger partial charge in [-0.15, -0.1) is 11.3 Å². The number of sulfonamides is 1. The fourth-order valence-electron chi connectivity index (χ4n) is 2.29. The van der Waals surface area contributed by atoms with Crippen molar-refractivity contribution >= 4 is 27.3 Å². The Labute approximate surface area is 124 Å². The van der Waals surface area contributed by atoms with Crippen LogP contribution in [0.15, 0.2) is 4.21 Å². The van der Waals surface area contributed by atoms with Gasteiger partial charge in [0.15, 0.2) is 4.21 Å². The highest BCUT2D eigenvalue weighted by Gasteiger charge is 2.51. The van der Waals surface area contributed by atoms with E-state index in [0.717, 1.165) is 11.3 Å². The van der Waals surface area contributed by atoms with Crippen LogP contribution in [0.4, 0.5) is 8.78 Å². The number of hydrogen-bond acceptors (Lipinski definition) is 5. The highest BCUT2D eigenvalue weighted by atomic mass is 32.2. The number of aromatic nitrogens is 1. The van der Waals surface area contributed by atoms with E-state index in [1.165, 1.54) is 6.92 Å². The lowest BCUT2D eigenvalue weighted by atomic mass is 9.94. The standard InChI is InChI=1S/C11H14F2N2O4S2/c1-6-10(20-7(2)14-6)21(18,19)15-4-3-8(9(16)17)11(12,13)5-15/h8H,3-5H2,1-2H3,(H,16,17). The molecule has 10 heteroatoms. The summed E-state index contributed by atoms with van der Waals surface area (Å²) in [5.41, 5.74) is 0.265. The van der Waals surface area contributed by atoms with Crippen LogP contribution in [-0.4, -0.2) is 47.8 Å². The zero-order chi connectivity index (χ0) is 16.0. The van der Waals surface area contributed by atoms with Gasteiger partial charge in [0.1, 0.15) is 5.92 Å². The number of aliphatic carboxylic acids is 1. The van der Waals surface area contributed by atoms with Crippen LogP contribution in [0, 0.1) is 19.8 Å². The molecular weight excluding hydrogens is 326 g/mol. The van der Waals surface area contributed by atoms with Crippen LogP contribution in [0.3, 0.4) is 0 Å². The molecule has 1 aromatic rings. The van der Waals surface area contributed by atoms with Gasteiger partial charge in [0.25, 0.3) is 15.9 Å². The lowest BCUT2D eigenvalue weighted by Gasteiger charge is -2.35. The quantitative estimate of drug-likeness (QED) is 0.901. The topological polar surface area (TPSA) is 87.6 Å². The van der Waals surface area contributed by atoms with Gasteiger partial charge in [-0.1, -0.05) is 0 Å². The first-order valence-corrected chi connectivity index (χ1v) is 8.36. The second kappa shape index (κ2) is 5.25. The molecule has 21 heavy (non-hydrogen) atoms. The van der Waals surface area contributed by atoms with Crippen LogP contribution in [0.1, 0.15) is 17.1 Å². The maximum atomic E-state index is 13.8. The van der Waals surface area contributed by atoms with Gasteiger partial charge in [0.05, 0.1) is 17.2 Å². The summed E-state index contributed by atoms with van der Waals surface area (Å²) in [6, 6.07) is 0. The van der Waals surface area contributed by atoms with E-state index in [9.17, 15) is 22.0 Å². The van der Waals surface area contributed by atoms with Crippen molar-refractivity contribution in [2.75, 3.05) is 13.1 Å². The fourth-order valence-corrected chi connectivity index (χ4v) is 5.37. The minimum Gasteiger partial charge on any atom is -0.481 e. The molecule has 2 heterocycles. The average Bonchev–Trinajstić information content (AvgIpc) is 2.67. The predicted molar refractivity (Wildman–Crippen MR) is 71.0 cm³/mol. The Balaban J connectivity index is 2.32. The summed E-state index contributed by atoms with van der Waals surface area (Å²) < 4.78 is 53.0. The summed E-state index contributed by atoms with van der Waals surface area (Å²) in [6.45, 7) is 1.76. The molecule has 1 fully saturated rings. The third-order valence-electron chi connectivity index (χ3n) is 3.30. The van der Waals surface area contributed by atoms with E-state index in [-0.39, 0.29) is 16.4 Å². The van der Waals surface area contributed by atoms with Crippen molar-refractivity contribution in [2.24, 2.45) is 5.92 Å². The van der Waals surface area contributed by atoms with E-state index in [1.807, 2.05) is 0 Å².